The van der Waals surface area contributed by atoms with Gasteiger partial charge in [0.25, 0.3) is 0 Å². The van der Waals surface area contributed by atoms with Gasteiger partial charge in [-0.3, -0.25) is 0 Å². The topological polar surface area (TPSA) is 45.5 Å². The Kier molecular flexibility index (Phi) is 4.74. The van der Waals surface area contributed by atoms with E-state index < -0.39 is 0 Å². The third-order valence-corrected chi connectivity index (χ3v) is 3.81. The van der Waals surface area contributed by atoms with E-state index in [0.717, 1.165) is 8.04 Å². The van der Waals surface area contributed by atoms with Crippen LogP contribution in [0.2, 0.25) is 0 Å². The van der Waals surface area contributed by atoms with Crippen LogP contribution in [-0.2, 0) is 0 Å². The first-order chi connectivity index (χ1) is 8.56. The highest BCUT2D eigenvalue weighted by Crippen LogP contribution is 2.30. The second-order valence-corrected chi connectivity index (χ2v) is 6.43. The molecule has 0 aliphatic rings. The van der Waals surface area contributed by atoms with Crippen molar-refractivity contribution >= 4 is 66.5 Å². The van der Waals surface area contributed by atoms with Gasteiger partial charge in [-0.1, -0.05) is 15.9 Å². The van der Waals surface area contributed by atoms with E-state index in [-0.39, 0.29) is 5.75 Å². The molecule has 1 aromatic carbocycles. The van der Waals surface area contributed by atoms with Crippen LogP contribution in [0.15, 0.2) is 44.4 Å². The molecule has 0 spiro atoms. The Labute approximate surface area is 135 Å². The zero-order valence-corrected chi connectivity index (χ0v) is 14.3. The average molecular weight is 482 g/mol. The van der Waals surface area contributed by atoms with Gasteiger partial charge >= 0.3 is 0 Å². The third-order valence-electron chi connectivity index (χ3n) is 2.11. The second kappa shape index (κ2) is 6.12. The number of aromatic nitrogens is 1. The maximum atomic E-state index is 9.86. The Hall–Kier alpha value is -0.470. The van der Waals surface area contributed by atoms with Crippen molar-refractivity contribution in [3.63, 3.8) is 0 Å². The monoisotopic (exact) mass is 480 g/mol. The maximum Gasteiger partial charge on any atom is 0.151 e. The summed E-state index contributed by atoms with van der Waals surface area (Å²) >= 11 is 8.82. The van der Waals surface area contributed by atoms with Crippen molar-refractivity contribution in [2.45, 2.75) is 0 Å². The lowest BCUT2D eigenvalue weighted by molar-refractivity contribution is 0.471. The van der Waals surface area contributed by atoms with E-state index in [1.807, 2.05) is 12.1 Å². The minimum Gasteiger partial charge on any atom is -0.506 e. The van der Waals surface area contributed by atoms with Crippen molar-refractivity contribution in [1.29, 1.82) is 0 Å². The summed E-state index contributed by atoms with van der Waals surface area (Å²) in [7, 11) is 0. The Morgan fingerprint density at radius 3 is 2.72 bits per heavy atom. The Balaban J connectivity index is 2.31. The van der Waals surface area contributed by atoms with Crippen LogP contribution in [0.4, 0.5) is 5.82 Å². The molecule has 1 N–H and O–H groups in total. The fourth-order valence-electron chi connectivity index (χ4n) is 1.26. The molecule has 1 aromatic heterocycles. The molecule has 2 aromatic rings. The summed E-state index contributed by atoms with van der Waals surface area (Å²) in [6.07, 6.45) is 3.32. The quantitative estimate of drug-likeness (QED) is 0.500. The van der Waals surface area contributed by atoms with Crippen LogP contribution in [0.5, 0.6) is 5.75 Å². The number of pyridine rings is 1. The normalized spacial score (nSPS) is 11.1. The second-order valence-electron chi connectivity index (χ2n) is 3.42. The Morgan fingerprint density at radius 2 is 2.06 bits per heavy atom. The summed E-state index contributed by atoms with van der Waals surface area (Å²) in [6.45, 7) is 0. The molecule has 0 fully saturated rings. The fourth-order valence-corrected chi connectivity index (χ4v) is 2.84. The first-order valence-corrected chi connectivity index (χ1v) is 7.56. The largest absolute Gasteiger partial charge is 0.506 e. The molecule has 0 amide bonds. The van der Waals surface area contributed by atoms with Gasteiger partial charge in [-0.25, -0.2) is 9.98 Å². The lowest BCUT2D eigenvalue weighted by atomic mass is 10.2. The number of halogens is 3. The van der Waals surface area contributed by atoms with Crippen LogP contribution in [0, 0.1) is 3.57 Å². The van der Waals surface area contributed by atoms with Gasteiger partial charge in [0.15, 0.2) is 5.82 Å². The van der Waals surface area contributed by atoms with Crippen molar-refractivity contribution in [3.8, 4) is 5.75 Å². The minimum atomic E-state index is 0.160. The molecule has 3 nitrogen and oxygen atoms in total. The van der Waals surface area contributed by atoms with Gasteiger partial charge in [0, 0.05) is 26.0 Å². The van der Waals surface area contributed by atoms with E-state index >= 15 is 0 Å². The highest BCUT2D eigenvalue weighted by atomic mass is 127. The van der Waals surface area contributed by atoms with E-state index in [0.29, 0.717) is 15.9 Å². The van der Waals surface area contributed by atoms with E-state index in [9.17, 15) is 5.11 Å². The first-order valence-electron chi connectivity index (χ1n) is 4.90. The molecular weight excluding hydrogens is 475 g/mol. The SMILES string of the molecule is Oc1c(Br)cc(Br)cc1C=Nc1ccc(I)cn1. The van der Waals surface area contributed by atoms with E-state index in [4.69, 9.17) is 0 Å². The van der Waals surface area contributed by atoms with Gasteiger partial charge in [0.2, 0.25) is 0 Å². The summed E-state index contributed by atoms with van der Waals surface area (Å²) < 4.78 is 2.54. The Morgan fingerprint density at radius 1 is 1.28 bits per heavy atom. The van der Waals surface area contributed by atoms with Gasteiger partial charge in [-0.2, -0.15) is 0 Å². The molecule has 18 heavy (non-hydrogen) atoms. The fraction of sp³-hybridized carbons (Fsp3) is 0. The van der Waals surface area contributed by atoms with Gasteiger partial charge in [-0.05, 0) is 62.8 Å². The lowest BCUT2D eigenvalue weighted by Gasteiger charge is -2.02. The molecule has 2 rings (SSSR count). The number of nitrogens with zero attached hydrogens (tertiary/aromatic N) is 2. The van der Waals surface area contributed by atoms with E-state index in [2.05, 4.69) is 64.4 Å². The molecule has 0 bridgehead atoms. The smallest absolute Gasteiger partial charge is 0.151 e. The molecule has 0 unspecified atom stereocenters. The van der Waals surface area contributed by atoms with Gasteiger partial charge in [0.05, 0.1) is 4.47 Å². The van der Waals surface area contributed by atoms with Gasteiger partial charge < -0.3 is 5.11 Å². The lowest BCUT2D eigenvalue weighted by Crippen LogP contribution is -1.85. The molecular formula is C12H7Br2IN2O. The minimum absolute atomic E-state index is 0.160. The number of hydrogen-bond donors (Lipinski definition) is 1. The number of benzene rings is 1. The summed E-state index contributed by atoms with van der Waals surface area (Å²) in [5.41, 5.74) is 0.622. The van der Waals surface area contributed by atoms with Gasteiger partial charge in [-0.15, -0.1) is 0 Å². The van der Waals surface area contributed by atoms with Crippen LogP contribution in [0.1, 0.15) is 5.56 Å². The number of hydrogen-bond acceptors (Lipinski definition) is 3. The van der Waals surface area contributed by atoms with Crippen LogP contribution in [-0.4, -0.2) is 16.3 Å². The number of aromatic hydroxyl groups is 1. The molecule has 0 aliphatic carbocycles. The van der Waals surface area contributed by atoms with Crippen LogP contribution in [0.3, 0.4) is 0 Å². The van der Waals surface area contributed by atoms with Crippen molar-refractivity contribution < 1.29 is 5.11 Å². The predicted octanol–water partition coefficient (Wildman–Crippen LogP) is 4.67. The van der Waals surface area contributed by atoms with Crippen LogP contribution in [0.25, 0.3) is 0 Å². The zero-order valence-electron chi connectivity index (χ0n) is 8.94. The highest BCUT2D eigenvalue weighted by molar-refractivity contribution is 14.1. The molecule has 0 saturated carbocycles. The third kappa shape index (κ3) is 3.52. The van der Waals surface area contributed by atoms with Gasteiger partial charge in [0.1, 0.15) is 5.75 Å². The zero-order chi connectivity index (χ0) is 13.1. The van der Waals surface area contributed by atoms with Crippen LogP contribution >= 0.6 is 54.5 Å². The molecule has 0 radical (unpaired) electrons. The number of phenols is 1. The Bertz CT molecular complexity index is 600. The molecule has 1 heterocycles. The summed E-state index contributed by atoms with van der Waals surface area (Å²) in [5, 5.41) is 9.86. The molecule has 6 heteroatoms. The maximum absolute atomic E-state index is 9.86. The van der Waals surface area contributed by atoms with E-state index in [1.165, 1.54) is 0 Å². The van der Waals surface area contributed by atoms with Crippen molar-refractivity contribution in [2.24, 2.45) is 4.99 Å². The standard InChI is InChI=1S/C12H7Br2IN2O/c13-8-3-7(12(18)10(14)4-8)5-16-11-2-1-9(15)6-17-11/h1-6,18H. The number of rotatable bonds is 2. The number of aliphatic imine (C=N–C) groups is 1. The highest BCUT2D eigenvalue weighted by Gasteiger charge is 2.05. The van der Waals surface area contributed by atoms with Crippen molar-refractivity contribution in [2.75, 3.05) is 0 Å². The molecule has 0 aliphatic heterocycles. The summed E-state index contributed by atoms with van der Waals surface area (Å²) in [5.74, 6) is 0.762. The summed E-state index contributed by atoms with van der Waals surface area (Å²) in [6, 6.07) is 7.31. The molecule has 92 valence electrons. The first kappa shape index (κ1) is 14.0. The number of phenolic OH excluding ortho intramolecular Hbond substituents is 1. The molecule has 0 atom stereocenters. The summed E-state index contributed by atoms with van der Waals surface area (Å²) in [4.78, 5) is 8.38. The predicted molar refractivity (Wildman–Crippen MR) is 87.7 cm³/mol. The van der Waals surface area contributed by atoms with Crippen LogP contribution < -0.4 is 0 Å². The van der Waals surface area contributed by atoms with Crippen molar-refractivity contribution in [1.82, 2.24) is 4.98 Å². The average Bonchev–Trinajstić information content (AvgIpc) is 2.34. The van der Waals surface area contributed by atoms with E-state index in [1.54, 1.807) is 24.5 Å². The molecule has 0 saturated heterocycles. The van der Waals surface area contributed by atoms with Crippen molar-refractivity contribution in [3.05, 3.63) is 48.5 Å².